The number of carboxylic acid groups (broad SMARTS) is 1. The summed E-state index contributed by atoms with van der Waals surface area (Å²) in [5.74, 6) is 1.62. The summed E-state index contributed by atoms with van der Waals surface area (Å²) in [5.41, 5.74) is 1.17. The van der Waals surface area contributed by atoms with Gasteiger partial charge in [0.2, 0.25) is 0 Å². The molecule has 1 saturated heterocycles. The van der Waals surface area contributed by atoms with Crippen LogP contribution >= 0.6 is 0 Å². The van der Waals surface area contributed by atoms with Gasteiger partial charge in [-0.05, 0) is 24.0 Å². The van der Waals surface area contributed by atoms with Crippen molar-refractivity contribution in [2.24, 2.45) is 5.92 Å². The SMILES string of the molecule is O=C(O)N1CC2CCOc3ccccc3C2C1. The van der Waals surface area contributed by atoms with Gasteiger partial charge in [-0.1, -0.05) is 18.2 Å². The van der Waals surface area contributed by atoms with Crippen molar-refractivity contribution in [2.45, 2.75) is 12.3 Å². The number of benzene rings is 1. The normalized spacial score (nSPS) is 26.7. The van der Waals surface area contributed by atoms with Crippen LogP contribution in [0.2, 0.25) is 0 Å². The first kappa shape index (κ1) is 10.4. The number of para-hydroxylation sites is 1. The van der Waals surface area contributed by atoms with E-state index in [-0.39, 0.29) is 0 Å². The van der Waals surface area contributed by atoms with Crippen LogP contribution in [0.5, 0.6) is 5.75 Å². The lowest BCUT2D eigenvalue weighted by molar-refractivity contribution is 0.152. The second-order valence-corrected chi connectivity index (χ2v) is 4.73. The van der Waals surface area contributed by atoms with E-state index in [1.54, 1.807) is 0 Å². The van der Waals surface area contributed by atoms with Crippen molar-refractivity contribution < 1.29 is 14.6 Å². The lowest BCUT2D eigenvalue weighted by Gasteiger charge is -2.15. The minimum absolute atomic E-state index is 0.296. The summed E-state index contributed by atoms with van der Waals surface area (Å²) < 4.78 is 5.71. The Labute approximate surface area is 99.8 Å². The molecule has 0 aromatic heterocycles. The first-order valence-corrected chi connectivity index (χ1v) is 5.95. The quantitative estimate of drug-likeness (QED) is 0.747. The number of carbonyl (C=O) groups is 1. The predicted molar refractivity (Wildman–Crippen MR) is 62.4 cm³/mol. The zero-order valence-electron chi connectivity index (χ0n) is 9.50. The molecule has 1 N–H and O–H groups in total. The van der Waals surface area contributed by atoms with Crippen molar-refractivity contribution in [3.05, 3.63) is 29.8 Å². The van der Waals surface area contributed by atoms with Crippen LogP contribution in [-0.4, -0.2) is 35.8 Å². The molecule has 1 fully saturated rings. The van der Waals surface area contributed by atoms with Gasteiger partial charge < -0.3 is 14.7 Å². The van der Waals surface area contributed by atoms with E-state index < -0.39 is 6.09 Å². The highest BCUT2D eigenvalue weighted by Crippen LogP contribution is 2.41. The second-order valence-electron chi connectivity index (χ2n) is 4.73. The van der Waals surface area contributed by atoms with Crippen molar-refractivity contribution in [2.75, 3.05) is 19.7 Å². The molecule has 4 nitrogen and oxygen atoms in total. The van der Waals surface area contributed by atoms with Gasteiger partial charge in [-0.25, -0.2) is 4.79 Å². The third kappa shape index (κ3) is 1.73. The largest absolute Gasteiger partial charge is 0.493 e. The van der Waals surface area contributed by atoms with E-state index in [2.05, 4.69) is 6.07 Å². The number of hydrogen-bond acceptors (Lipinski definition) is 2. The van der Waals surface area contributed by atoms with E-state index in [0.717, 1.165) is 12.2 Å². The molecule has 2 aliphatic rings. The van der Waals surface area contributed by atoms with Crippen molar-refractivity contribution in [1.82, 2.24) is 4.90 Å². The molecule has 0 spiro atoms. The molecule has 0 aliphatic carbocycles. The highest BCUT2D eigenvalue weighted by Gasteiger charge is 2.38. The highest BCUT2D eigenvalue weighted by molar-refractivity contribution is 5.65. The zero-order chi connectivity index (χ0) is 11.8. The number of rotatable bonds is 0. The lowest BCUT2D eigenvalue weighted by Crippen LogP contribution is -2.27. The number of fused-ring (bicyclic) bond motifs is 3. The maximum Gasteiger partial charge on any atom is 0.407 e. The number of likely N-dealkylation sites (tertiary alicyclic amines) is 1. The minimum Gasteiger partial charge on any atom is -0.493 e. The Kier molecular flexibility index (Phi) is 2.42. The second kappa shape index (κ2) is 3.95. The van der Waals surface area contributed by atoms with Gasteiger partial charge >= 0.3 is 6.09 Å². The van der Waals surface area contributed by atoms with Crippen LogP contribution in [0.1, 0.15) is 17.9 Å². The molecular weight excluding hydrogens is 218 g/mol. The Balaban J connectivity index is 1.95. The maximum atomic E-state index is 11.0. The van der Waals surface area contributed by atoms with E-state index in [1.807, 2.05) is 18.2 Å². The topological polar surface area (TPSA) is 49.8 Å². The summed E-state index contributed by atoms with van der Waals surface area (Å²) in [5, 5.41) is 9.07. The van der Waals surface area contributed by atoms with Crippen LogP contribution < -0.4 is 4.74 Å². The lowest BCUT2D eigenvalue weighted by atomic mass is 9.87. The smallest absolute Gasteiger partial charge is 0.407 e. The zero-order valence-corrected chi connectivity index (χ0v) is 9.50. The van der Waals surface area contributed by atoms with E-state index in [4.69, 9.17) is 9.84 Å². The third-order valence-electron chi connectivity index (χ3n) is 3.78. The molecule has 90 valence electrons. The molecule has 1 aromatic rings. The van der Waals surface area contributed by atoms with Crippen molar-refractivity contribution in [3.63, 3.8) is 0 Å². The van der Waals surface area contributed by atoms with E-state index in [0.29, 0.717) is 31.5 Å². The monoisotopic (exact) mass is 233 g/mol. The summed E-state index contributed by atoms with van der Waals surface area (Å²) in [7, 11) is 0. The molecule has 2 unspecified atom stereocenters. The van der Waals surface area contributed by atoms with E-state index >= 15 is 0 Å². The molecule has 1 aromatic carbocycles. The Morgan fingerprint density at radius 3 is 3.00 bits per heavy atom. The predicted octanol–water partition coefficient (Wildman–Crippen LogP) is 2.16. The van der Waals surface area contributed by atoms with Crippen molar-refractivity contribution >= 4 is 6.09 Å². The van der Waals surface area contributed by atoms with Gasteiger partial charge in [-0.15, -0.1) is 0 Å². The van der Waals surface area contributed by atoms with E-state index in [1.165, 1.54) is 10.5 Å². The summed E-state index contributed by atoms with van der Waals surface area (Å²) in [6.07, 6.45) is 0.125. The van der Waals surface area contributed by atoms with Gasteiger partial charge in [0.05, 0.1) is 6.61 Å². The Bertz CT molecular complexity index is 446. The summed E-state index contributed by atoms with van der Waals surface area (Å²) >= 11 is 0. The maximum absolute atomic E-state index is 11.0. The standard InChI is InChI=1S/C13H15NO3/c15-13(16)14-7-9-5-6-17-12-4-2-1-3-10(12)11(9)8-14/h1-4,9,11H,5-8H2,(H,15,16). The minimum atomic E-state index is -0.809. The molecule has 2 heterocycles. The molecule has 4 heteroatoms. The molecule has 0 saturated carbocycles. The first-order valence-electron chi connectivity index (χ1n) is 5.95. The Morgan fingerprint density at radius 1 is 1.35 bits per heavy atom. The van der Waals surface area contributed by atoms with Gasteiger partial charge in [0.1, 0.15) is 5.75 Å². The first-order chi connectivity index (χ1) is 8.25. The fourth-order valence-corrected chi connectivity index (χ4v) is 2.91. The molecule has 17 heavy (non-hydrogen) atoms. The van der Waals surface area contributed by atoms with Crippen LogP contribution in [0.4, 0.5) is 4.79 Å². The fraction of sp³-hybridized carbons (Fsp3) is 0.462. The Hall–Kier alpha value is -1.71. The third-order valence-corrected chi connectivity index (χ3v) is 3.78. The Morgan fingerprint density at radius 2 is 2.18 bits per heavy atom. The van der Waals surface area contributed by atoms with Crippen molar-refractivity contribution in [1.29, 1.82) is 0 Å². The number of ether oxygens (including phenoxy) is 1. The van der Waals surface area contributed by atoms with Crippen LogP contribution in [0.15, 0.2) is 24.3 Å². The molecule has 2 aliphatic heterocycles. The van der Waals surface area contributed by atoms with Gasteiger partial charge in [-0.3, -0.25) is 0 Å². The average Bonchev–Trinajstić information content (AvgIpc) is 2.67. The van der Waals surface area contributed by atoms with Crippen molar-refractivity contribution in [3.8, 4) is 5.75 Å². The molecule has 1 amide bonds. The fourth-order valence-electron chi connectivity index (χ4n) is 2.91. The van der Waals surface area contributed by atoms with Gasteiger partial charge in [0.25, 0.3) is 0 Å². The van der Waals surface area contributed by atoms with Gasteiger partial charge in [0.15, 0.2) is 0 Å². The van der Waals surface area contributed by atoms with Crippen LogP contribution in [0.3, 0.4) is 0 Å². The summed E-state index contributed by atoms with van der Waals surface area (Å²) in [6.45, 7) is 1.92. The number of hydrogen-bond donors (Lipinski definition) is 1. The van der Waals surface area contributed by atoms with Crippen LogP contribution in [0, 0.1) is 5.92 Å². The highest BCUT2D eigenvalue weighted by atomic mass is 16.5. The van der Waals surface area contributed by atoms with Crippen LogP contribution in [0.25, 0.3) is 0 Å². The summed E-state index contributed by atoms with van der Waals surface area (Å²) in [6, 6.07) is 7.99. The van der Waals surface area contributed by atoms with E-state index in [9.17, 15) is 4.79 Å². The molecule has 0 bridgehead atoms. The summed E-state index contributed by atoms with van der Waals surface area (Å²) in [4.78, 5) is 12.6. The van der Waals surface area contributed by atoms with Gasteiger partial charge in [0, 0.05) is 19.0 Å². The van der Waals surface area contributed by atoms with Gasteiger partial charge in [-0.2, -0.15) is 0 Å². The number of amides is 1. The molecule has 3 rings (SSSR count). The number of nitrogens with zero attached hydrogens (tertiary/aromatic N) is 1. The molecule has 0 radical (unpaired) electrons. The molecular formula is C13H15NO3. The average molecular weight is 233 g/mol. The van der Waals surface area contributed by atoms with Crippen LogP contribution in [-0.2, 0) is 0 Å². The molecule has 2 atom stereocenters.